The number of aryl methyl sites for hydroxylation is 1. The molecule has 1 N–H and O–H groups in total. The van der Waals surface area contributed by atoms with Gasteiger partial charge in [0, 0.05) is 30.6 Å². The van der Waals surface area contributed by atoms with Gasteiger partial charge in [-0.25, -0.2) is 0 Å². The van der Waals surface area contributed by atoms with Crippen LogP contribution in [0.3, 0.4) is 0 Å². The summed E-state index contributed by atoms with van der Waals surface area (Å²) in [5.41, 5.74) is 1.06. The van der Waals surface area contributed by atoms with Crippen molar-refractivity contribution in [1.29, 1.82) is 0 Å². The zero-order valence-electron chi connectivity index (χ0n) is 11.4. The predicted molar refractivity (Wildman–Crippen MR) is 78.4 cm³/mol. The Balaban J connectivity index is 1.89. The van der Waals surface area contributed by atoms with Gasteiger partial charge in [0.2, 0.25) is 5.91 Å². The Kier molecular flexibility index (Phi) is 5.23. The number of hydrogen-bond donors (Lipinski definition) is 1. The van der Waals surface area contributed by atoms with Crippen molar-refractivity contribution in [2.75, 3.05) is 20.1 Å². The van der Waals surface area contributed by atoms with Gasteiger partial charge in [-0.05, 0) is 37.9 Å². The van der Waals surface area contributed by atoms with Crippen molar-refractivity contribution >= 4 is 17.5 Å². The average molecular weight is 281 g/mol. The number of amides is 1. The number of nitrogens with zero attached hydrogens (tertiary/aromatic N) is 1. The molecule has 19 heavy (non-hydrogen) atoms. The Morgan fingerprint density at radius 1 is 1.47 bits per heavy atom. The predicted octanol–water partition coefficient (Wildman–Crippen LogP) is 2.48. The van der Waals surface area contributed by atoms with E-state index >= 15 is 0 Å². The third-order valence-corrected chi connectivity index (χ3v) is 4.07. The third-order valence-electron chi connectivity index (χ3n) is 3.70. The van der Waals surface area contributed by atoms with E-state index in [9.17, 15) is 4.79 Å². The summed E-state index contributed by atoms with van der Waals surface area (Å²) in [7, 11) is 1.94. The van der Waals surface area contributed by atoms with Gasteiger partial charge in [0.05, 0.1) is 0 Å². The number of carbonyl (C=O) groups excluding carboxylic acids is 1. The highest BCUT2D eigenvalue weighted by molar-refractivity contribution is 6.31. The Labute approximate surface area is 119 Å². The first kappa shape index (κ1) is 14.4. The van der Waals surface area contributed by atoms with Gasteiger partial charge in [-0.1, -0.05) is 29.8 Å². The molecule has 0 bridgehead atoms. The molecule has 2 rings (SSSR count). The van der Waals surface area contributed by atoms with Crippen LogP contribution in [0.2, 0.25) is 5.02 Å². The molecule has 4 heteroatoms. The van der Waals surface area contributed by atoms with Gasteiger partial charge >= 0.3 is 0 Å². The van der Waals surface area contributed by atoms with Crippen molar-refractivity contribution in [2.45, 2.75) is 31.7 Å². The number of likely N-dealkylation sites (N-methyl/N-ethyl adjacent to an activating group) is 1. The van der Waals surface area contributed by atoms with Gasteiger partial charge in [-0.2, -0.15) is 0 Å². The molecule has 1 atom stereocenters. The molecule has 0 aliphatic carbocycles. The molecular formula is C15H21ClN2O. The van der Waals surface area contributed by atoms with Crippen LogP contribution < -0.4 is 5.32 Å². The van der Waals surface area contributed by atoms with Crippen LogP contribution >= 0.6 is 11.6 Å². The lowest BCUT2D eigenvalue weighted by atomic mass is 10.1. The molecule has 1 fully saturated rings. The van der Waals surface area contributed by atoms with E-state index in [4.69, 9.17) is 11.6 Å². The number of rotatable bonds is 5. The van der Waals surface area contributed by atoms with E-state index in [0.717, 1.165) is 42.9 Å². The van der Waals surface area contributed by atoms with E-state index in [1.165, 1.54) is 0 Å². The van der Waals surface area contributed by atoms with E-state index in [1.807, 2.05) is 36.2 Å². The summed E-state index contributed by atoms with van der Waals surface area (Å²) in [4.78, 5) is 14.3. The highest BCUT2D eigenvalue weighted by atomic mass is 35.5. The highest BCUT2D eigenvalue weighted by Gasteiger charge is 2.27. The van der Waals surface area contributed by atoms with Crippen molar-refractivity contribution in [2.24, 2.45) is 0 Å². The molecule has 1 amide bonds. The Morgan fingerprint density at radius 2 is 2.26 bits per heavy atom. The number of hydrogen-bond acceptors (Lipinski definition) is 2. The van der Waals surface area contributed by atoms with Crippen molar-refractivity contribution in [3.8, 4) is 0 Å². The molecule has 104 valence electrons. The number of carbonyl (C=O) groups is 1. The molecule has 0 radical (unpaired) electrons. The van der Waals surface area contributed by atoms with Gasteiger partial charge in [0.1, 0.15) is 0 Å². The molecule has 1 aliphatic heterocycles. The van der Waals surface area contributed by atoms with Crippen LogP contribution in [-0.4, -0.2) is 37.0 Å². The van der Waals surface area contributed by atoms with Crippen LogP contribution in [0, 0.1) is 0 Å². The molecule has 1 aromatic carbocycles. The maximum absolute atomic E-state index is 12.3. The maximum atomic E-state index is 12.3. The molecule has 0 aromatic heterocycles. The molecular weight excluding hydrogens is 260 g/mol. The van der Waals surface area contributed by atoms with Gasteiger partial charge in [0.15, 0.2) is 0 Å². The molecule has 1 aliphatic rings. The Bertz CT molecular complexity index is 436. The lowest BCUT2D eigenvalue weighted by Crippen LogP contribution is -2.40. The van der Waals surface area contributed by atoms with E-state index < -0.39 is 0 Å². The normalized spacial score (nSPS) is 18.8. The van der Waals surface area contributed by atoms with Crippen molar-refractivity contribution in [1.82, 2.24) is 10.2 Å². The lowest BCUT2D eigenvalue weighted by molar-refractivity contribution is -0.131. The molecule has 1 unspecified atom stereocenters. The van der Waals surface area contributed by atoms with Crippen molar-refractivity contribution in [3.63, 3.8) is 0 Å². The molecule has 1 aromatic rings. The minimum Gasteiger partial charge on any atom is -0.338 e. The maximum Gasteiger partial charge on any atom is 0.223 e. The number of halogens is 1. The summed E-state index contributed by atoms with van der Waals surface area (Å²) in [5, 5.41) is 3.92. The fraction of sp³-hybridized carbons (Fsp3) is 0.533. The second kappa shape index (κ2) is 6.92. The molecule has 1 heterocycles. The smallest absolute Gasteiger partial charge is 0.223 e. The minimum absolute atomic E-state index is 0.248. The molecule has 0 spiro atoms. The fourth-order valence-corrected chi connectivity index (χ4v) is 2.93. The topological polar surface area (TPSA) is 32.3 Å². The van der Waals surface area contributed by atoms with Gasteiger partial charge in [-0.3, -0.25) is 4.79 Å². The summed E-state index contributed by atoms with van der Waals surface area (Å²) in [6.45, 7) is 1.78. The average Bonchev–Trinajstić information content (AvgIpc) is 2.86. The number of nitrogens with one attached hydrogen (secondary N) is 1. The summed E-state index contributed by atoms with van der Waals surface area (Å²) in [6, 6.07) is 8.11. The monoisotopic (exact) mass is 280 g/mol. The van der Waals surface area contributed by atoms with Crippen LogP contribution in [0.5, 0.6) is 0 Å². The molecule has 3 nitrogen and oxygen atoms in total. The van der Waals surface area contributed by atoms with Gasteiger partial charge in [0.25, 0.3) is 0 Å². The van der Waals surface area contributed by atoms with Crippen molar-refractivity contribution in [3.05, 3.63) is 34.9 Å². The fourth-order valence-electron chi connectivity index (χ4n) is 2.70. The van der Waals surface area contributed by atoms with Crippen LogP contribution in [0.15, 0.2) is 24.3 Å². The van der Waals surface area contributed by atoms with E-state index in [2.05, 4.69) is 5.32 Å². The Morgan fingerprint density at radius 3 is 3.00 bits per heavy atom. The SMILES string of the molecule is CNCC1CCCN1C(=O)CCc1ccccc1Cl. The van der Waals surface area contributed by atoms with Gasteiger partial charge < -0.3 is 10.2 Å². The molecule has 0 saturated carbocycles. The van der Waals surface area contributed by atoms with Gasteiger partial charge in [-0.15, -0.1) is 0 Å². The third kappa shape index (κ3) is 3.71. The van der Waals surface area contributed by atoms with E-state index in [-0.39, 0.29) is 5.91 Å². The first-order valence-electron chi connectivity index (χ1n) is 6.90. The second-order valence-corrected chi connectivity index (χ2v) is 5.44. The number of likely N-dealkylation sites (tertiary alicyclic amines) is 1. The largest absolute Gasteiger partial charge is 0.338 e. The summed E-state index contributed by atoms with van der Waals surface area (Å²) in [5.74, 6) is 0.248. The zero-order chi connectivity index (χ0) is 13.7. The highest BCUT2D eigenvalue weighted by Crippen LogP contribution is 2.20. The molecule has 1 saturated heterocycles. The second-order valence-electron chi connectivity index (χ2n) is 5.03. The van der Waals surface area contributed by atoms with E-state index in [1.54, 1.807) is 0 Å². The summed E-state index contributed by atoms with van der Waals surface area (Å²) >= 11 is 6.11. The lowest BCUT2D eigenvalue weighted by Gasteiger charge is -2.24. The van der Waals surface area contributed by atoms with Crippen molar-refractivity contribution < 1.29 is 4.79 Å². The summed E-state index contributed by atoms with van der Waals surface area (Å²) in [6.07, 6.45) is 3.49. The Hall–Kier alpha value is -1.06. The standard InChI is InChI=1S/C15H21ClN2O/c1-17-11-13-6-4-10-18(13)15(19)9-8-12-5-2-3-7-14(12)16/h2-3,5,7,13,17H,4,6,8-11H2,1H3. The minimum atomic E-state index is 0.248. The van der Waals surface area contributed by atoms with Crippen LogP contribution in [-0.2, 0) is 11.2 Å². The van der Waals surface area contributed by atoms with Crippen LogP contribution in [0.4, 0.5) is 0 Å². The first-order valence-corrected chi connectivity index (χ1v) is 7.27. The summed E-state index contributed by atoms with van der Waals surface area (Å²) < 4.78 is 0. The quantitative estimate of drug-likeness (QED) is 0.899. The van der Waals surface area contributed by atoms with Crippen LogP contribution in [0.25, 0.3) is 0 Å². The first-order chi connectivity index (χ1) is 9.22. The zero-order valence-corrected chi connectivity index (χ0v) is 12.1. The number of benzene rings is 1. The van der Waals surface area contributed by atoms with E-state index in [0.29, 0.717) is 12.5 Å². The van der Waals surface area contributed by atoms with Crippen LogP contribution in [0.1, 0.15) is 24.8 Å².